The number of hydrogen-bond donors (Lipinski definition) is 2. The number of nitrogens with zero attached hydrogens (tertiary/aromatic N) is 1. The van der Waals surface area contributed by atoms with E-state index in [4.69, 9.17) is 9.47 Å². The zero-order valence-electron chi connectivity index (χ0n) is 13.4. The van der Waals surface area contributed by atoms with Gasteiger partial charge in [0.2, 0.25) is 0 Å². The largest absolute Gasteiger partial charge is 0.350 e. The number of nitrogens with one attached hydrogen (secondary N) is 2. The Morgan fingerprint density at radius 2 is 1.36 bits per heavy atom. The van der Waals surface area contributed by atoms with Gasteiger partial charge in [0.1, 0.15) is 0 Å². The van der Waals surface area contributed by atoms with Crippen molar-refractivity contribution in [2.75, 3.05) is 13.2 Å². The fourth-order valence-corrected chi connectivity index (χ4v) is 5.41. The summed E-state index contributed by atoms with van der Waals surface area (Å²) < 4.78 is 15.1. The van der Waals surface area contributed by atoms with Crippen molar-refractivity contribution in [1.82, 2.24) is 10.6 Å². The molecule has 122 valence electrons. The van der Waals surface area contributed by atoms with Crippen LogP contribution in [0.5, 0.6) is 0 Å². The summed E-state index contributed by atoms with van der Waals surface area (Å²) in [4.78, 5) is 0. The first kappa shape index (κ1) is 13.6. The lowest BCUT2D eigenvalue weighted by Gasteiger charge is -2.47. The van der Waals surface area contributed by atoms with Crippen molar-refractivity contribution in [3.63, 3.8) is 0 Å². The first-order valence-corrected chi connectivity index (χ1v) is 9.27. The Kier molecular flexibility index (Phi) is 3.00. The van der Waals surface area contributed by atoms with Crippen LogP contribution in [0.2, 0.25) is 0 Å². The van der Waals surface area contributed by atoms with Crippen molar-refractivity contribution in [2.45, 2.75) is 87.7 Å². The molecule has 5 nitrogen and oxygen atoms in total. The van der Waals surface area contributed by atoms with Gasteiger partial charge in [0.15, 0.2) is 11.4 Å². The van der Waals surface area contributed by atoms with Gasteiger partial charge in [-0.3, -0.25) is 4.58 Å². The van der Waals surface area contributed by atoms with Crippen LogP contribution >= 0.6 is 0 Å². The summed E-state index contributed by atoms with van der Waals surface area (Å²) in [5, 5.41) is 7.54. The average Bonchev–Trinajstić information content (AvgIpc) is 2.91. The van der Waals surface area contributed by atoms with Gasteiger partial charge in [-0.15, -0.1) is 0 Å². The highest BCUT2D eigenvalue weighted by Gasteiger charge is 2.56. The lowest BCUT2D eigenvalue weighted by molar-refractivity contribution is -0.602. The molecule has 5 heteroatoms. The van der Waals surface area contributed by atoms with Crippen molar-refractivity contribution in [1.29, 1.82) is 0 Å². The maximum absolute atomic E-state index is 6.24. The molecule has 0 aromatic rings. The van der Waals surface area contributed by atoms with Gasteiger partial charge in [0.05, 0.1) is 25.3 Å². The van der Waals surface area contributed by atoms with Crippen LogP contribution in [-0.4, -0.2) is 47.3 Å². The normalized spacial score (nSPS) is 47.3. The van der Waals surface area contributed by atoms with Gasteiger partial charge in [-0.05, 0) is 38.5 Å². The summed E-state index contributed by atoms with van der Waals surface area (Å²) in [6.45, 7) is 1.80. The Bertz CT molecular complexity index is 450. The average molecular weight is 306 g/mol. The van der Waals surface area contributed by atoms with Crippen LogP contribution in [0.3, 0.4) is 0 Å². The van der Waals surface area contributed by atoms with E-state index < -0.39 is 0 Å². The molecule has 0 radical (unpaired) electrons. The fraction of sp³-hybridized carbons (Fsp3) is 0.941. The van der Waals surface area contributed by atoms with Crippen LogP contribution in [0.15, 0.2) is 0 Å². The van der Waals surface area contributed by atoms with E-state index in [1.54, 1.807) is 0 Å². The van der Waals surface area contributed by atoms with Crippen molar-refractivity contribution in [3.8, 4) is 0 Å². The number of guanidine groups is 1. The monoisotopic (exact) mass is 306 g/mol. The third kappa shape index (κ3) is 2.01. The molecule has 3 saturated heterocycles. The molecule has 0 aromatic carbocycles. The van der Waals surface area contributed by atoms with E-state index in [-0.39, 0.29) is 11.4 Å². The van der Waals surface area contributed by atoms with E-state index in [0.29, 0.717) is 12.1 Å². The minimum absolute atomic E-state index is 0.121. The molecule has 5 heterocycles. The summed E-state index contributed by atoms with van der Waals surface area (Å²) in [7, 11) is 0. The minimum Gasteiger partial charge on any atom is -0.343 e. The van der Waals surface area contributed by atoms with Crippen LogP contribution in [-0.2, 0) is 9.47 Å². The summed E-state index contributed by atoms with van der Waals surface area (Å²) in [6, 6.07) is 1.29. The van der Waals surface area contributed by atoms with Gasteiger partial charge >= 0.3 is 5.96 Å². The summed E-state index contributed by atoms with van der Waals surface area (Å²) >= 11 is 0. The topological polar surface area (TPSA) is 45.5 Å². The number of rotatable bonds is 0. The molecule has 2 spiro atoms. The third-order valence-corrected chi connectivity index (χ3v) is 6.41. The van der Waals surface area contributed by atoms with Crippen molar-refractivity contribution in [3.05, 3.63) is 0 Å². The molecule has 22 heavy (non-hydrogen) atoms. The second-order valence-corrected chi connectivity index (χ2v) is 7.90. The van der Waals surface area contributed by atoms with E-state index in [2.05, 4.69) is 15.2 Å². The Balaban J connectivity index is 1.47. The van der Waals surface area contributed by atoms with Gasteiger partial charge < -0.3 is 9.47 Å². The fourth-order valence-electron chi connectivity index (χ4n) is 5.41. The molecule has 5 rings (SSSR count). The van der Waals surface area contributed by atoms with Crippen molar-refractivity contribution in [2.24, 2.45) is 0 Å². The Hall–Kier alpha value is -0.810. The predicted octanol–water partition coefficient (Wildman–Crippen LogP) is 1.67. The van der Waals surface area contributed by atoms with Crippen LogP contribution in [0.25, 0.3) is 0 Å². The summed E-state index contributed by atoms with van der Waals surface area (Å²) in [5.41, 5.74) is -0.242. The lowest BCUT2D eigenvalue weighted by Crippen LogP contribution is -2.72. The molecule has 0 aliphatic carbocycles. The Labute approximate surface area is 132 Å². The van der Waals surface area contributed by atoms with Crippen LogP contribution in [0.4, 0.5) is 0 Å². The molecule has 5 aliphatic rings. The SMILES string of the molecule is C1CC[C@@]2(C[C@H]3CC[C@H]4C[C@]5(CCCCO5)NC(=[N+]34)N2)OC1. The van der Waals surface area contributed by atoms with Gasteiger partial charge in [-0.25, -0.2) is 10.6 Å². The second kappa shape index (κ2) is 4.84. The van der Waals surface area contributed by atoms with Gasteiger partial charge in [0.25, 0.3) is 0 Å². The van der Waals surface area contributed by atoms with E-state index in [1.165, 1.54) is 44.5 Å². The zero-order chi connectivity index (χ0) is 14.6. The van der Waals surface area contributed by atoms with Crippen LogP contribution in [0.1, 0.15) is 64.2 Å². The summed E-state index contributed by atoms with van der Waals surface area (Å²) in [6.07, 6.45) is 12.1. The molecule has 3 fully saturated rings. The van der Waals surface area contributed by atoms with E-state index in [0.717, 1.165) is 38.9 Å². The smallest absolute Gasteiger partial charge is 0.343 e. The van der Waals surface area contributed by atoms with Gasteiger partial charge in [-0.2, -0.15) is 0 Å². The molecule has 0 saturated carbocycles. The van der Waals surface area contributed by atoms with Crippen molar-refractivity contribution >= 4 is 5.96 Å². The number of ether oxygens (including phenoxy) is 2. The maximum Gasteiger partial charge on any atom is 0.350 e. The zero-order valence-corrected chi connectivity index (χ0v) is 13.4. The van der Waals surface area contributed by atoms with E-state index >= 15 is 0 Å². The molecule has 0 aromatic heterocycles. The first-order chi connectivity index (χ1) is 10.8. The molecule has 4 atom stereocenters. The highest BCUT2D eigenvalue weighted by Crippen LogP contribution is 2.41. The Morgan fingerprint density at radius 3 is 1.82 bits per heavy atom. The highest BCUT2D eigenvalue weighted by atomic mass is 16.5. The van der Waals surface area contributed by atoms with Crippen LogP contribution in [0, 0.1) is 0 Å². The molecule has 0 amide bonds. The maximum atomic E-state index is 6.24. The molecule has 0 bridgehead atoms. The predicted molar refractivity (Wildman–Crippen MR) is 82.7 cm³/mol. The van der Waals surface area contributed by atoms with Crippen molar-refractivity contribution < 1.29 is 14.0 Å². The Morgan fingerprint density at radius 1 is 0.818 bits per heavy atom. The molecule has 5 aliphatic heterocycles. The minimum atomic E-state index is -0.121. The van der Waals surface area contributed by atoms with E-state index in [1.807, 2.05) is 0 Å². The standard InChI is InChI=1S/C17H27N3O2/c1-3-9-21-16(7-1)11-13-5-6-14-12-17(8-2-4-10-22-17)19-15(18-16)20(13)14/h13-14H,1-12H2,(H,18,19)/p+1/t13-,14+,16+,17-. The van der Waals surface area contributed by atoms with Gasteiger partial charge in [0, 0.05) is 25.7 Å². The van der Waals surface area contributed by atoms with Crippen LogP contribution < -0.4 is 10.6 Å². The second-order valence-electron chi connectivity index (χ2n) is 7.90. The van der Waals surface area contributed by atoms with Gasteiger partial charge in [-0.1, -0.05) is 0 Å². The molecular weight excluding hydrogens is 278 g/mol. The number of hydrogen-bond acceptors (Lipinski definition) is 4. The molecule has 2 N–H and O–H groups in total. The summed E-state index contributed by atoms with van der Waals surface area (Å²) in [5.74, 6) is 1.20. The first-order valence-electron chi connectivity index (χ1n) is 9.27. The molecular formula is C17H28N3O2+. The highest BCUT2D eigenvalue weighted by molar-refractivity contribution is 5.77. The molecule has 0 unspecified atom stereocenters. The quantitative estimate of drug-likeness (QED) is 0.668. The lowest BCUT2D eigenvalue weighted by atomic mass is 9.91. The third-order valence-electron chi connectivity index (χ3n) is 6.41. The van der Waals surface area contributed by atoms with E-state index in [9.17, 15) is 0 Å².